The van der Waals surface area contributed by atoms with E-state index in [2.05, 4.69) is 10.0 Å². The van der Waals surface area contributed by atoms with Crippen LogP contribution in [0.2, 0.25) is 5.02 Å². The monoisotopic (exact) mass is 600 g/mol. The fourth-order valence-electron chi connectivity index (χ4n) is 4.93. The minimum atomic E-state index is -4.28. The number of alkyl halides is 2. The second-order valence-electron chi connectivity index (χ2n) is 9.88. The molecule has 0 aromatic heterocycles. The Labute approximate surface area is 241 Å². The SMILES string of the molecule is O=C(OC[C@@]1(O)c2cc(Cl)ccc2NCCC1(F)F)[C@H](Cc1ccccc1)NS(=O)(=O)c1cccc2ccccc12. The lowest BCUT2D eigenvalue weighted by Crippen LogP contribution is -2.51. The molecule has 0 spiro atoms. The number of carbonyl (C=O) groups is 1. The number of fused-ring (bicyclic) bond motifs is 2. The highest BCUT2D eigenvalue weighted by Crippen LogP contribution is 2.46. The van der Waals surface area contributed by atoms with Gasteiger partial charge in [-0.05, 0) is 41.6 Å². The van der Waals surface area contributed by atoms with Gasteiger partial charge in [0.1, 0.15) is 12.6 Å². The van der Waals surface area contributed by atoms with E-state index in [1.165, 1.54) is 24.3 Å². The van der Waals surface area contributed by atoms with Crippen LogP contribution in [0.3, 0.4) is 0 Å². The van der Waals surface area contributed by atoms with E-state index in [9.17, 15) is 18.3 Å². The van der Waals surface area contributed by atoms with Gasteiger partial charge in [-0.3, -0.25) is 4.79 Å². The van der Waals surface area contributed by atoms with Gasteiger partial charge >= 0.3 is 5.97 Å². The summed E-state index contributed by atoms with van der Waals surface area (Å²) >= 11 is 6.06. The number of benzene rings is 4. The highest BCUT2D eigenvalue weighted by atomic mass is 35.5. The lowest BCUT2D eigenvalue weighted by molar-refractivity contribution is -0.214. The van der Waals surface area contributed by atoms with Gasteiger partial charge in [-0.2, -0.15) is 4.72 Å². The Balaban J connectivity index is 1.46. The smallest absolute Gasteiger partial charge is 0.324 e. The van der Waals surface area contributed by atoms with Gasteiger partial charge in [0.05, 0.1) is 4.90 Å². The normalized spacial score (nSPS) is 19.0. The van der Waals surface area contributed by atoms with Gasteiger partial charge in [0.2, 0.25) is 10.0 Å². The molecule has 4 aromatic carbocycles. The first kappa shape index (κ1) is 28.9. The van der Waals surface area contributed by atoms with Crippen molar-refractivity contribution in [1.82, 2.24) is 4.72 Å². The Morgan fingerprint density at radius 1 is 1.02 bits per heavy atom. The summed E-state index contributed by atoms with van der Waals surface area (Å²) in [4.78, 5) is 13.4. The summed E-state index contributed by atoms with van der Waals surface area (Å²) in [5.74, 6) is -4.82. The maximum absolute atomic E-state index is 15.3. The van der Waals surface area contributed by atoms with Crippen molar-refractivity contribution in [3.05, 3.63) is 107 Å². The van der Waals surface area contributed by atoms with Crippen LogP contribution in [0.4, 0.5) is 14.5 Å². The van der Waals surface area contributed by atoms with E-state index in [0.29, 0.717) is 16.3 Å². The molecule has 214 valence electrons. The maximum atomic E-state index is 15.3. The number of hydrogen-bond donors (Lipinski definition) is 3. The summed E-state index contributed by atoms with van der Waals surface area (Å²) in [7, 11) is -4.28. The lowest BCUT2D eigenvalue weighted by Gasteiger charge is -2.35. The van der Waals surface area contributed by atoms with Crippen LogP contribution in [-0.2, 0) is 31.6 Å². The molecule has 3 N–H and O–H groups in total. The molecule has 11 heteroatoms. The van der Waals surface area contributed by atoms with Crippen molar-refractivity contribution in [2.45, 2.75) is 35.3 Å². The zero-order valence-corrected chi connectivity index (χ0v) is 23.3. The number of esters is 1. The zero-order valence-electron chi connectivity index (χ0n) is 21.7. The molecule has 0 fully saturated rings. The molecule has 0 aliphatic carbocycles. The number of rotatable bonds is 8. The highest BCUT2D eigenvalue weighted by molar-refractivity contribution is 7.89. The van der Waals surface area contributed by atoms with Crippen LogP contribution in [0.1, 0.15) is 17.5 Å². The van der Waals surface area contributed by atoms with E-state index in [1.807, 2.05) is 0 Å². The molecule has 5 rings (SSSR count). The van der Waals surface area contributed by atoms with Crippen molar-refractivity contribution < 1.29 is 31.8 Å². The quantitative estimate of drug-likeness (QED) is 0.238. The molecule has 1 heterocycles. The second-order valence-corrected chi connectivity index (χ2v) is 12.0. The molecule has 0 radical (unpaired) electrons. The Hall–Kier alpha value is -3.57. The Kier molecular flexibility index (Phi) is 8.02. The molecular formula is C30H27ClF2N2O5S. The van der Waals surface area contributed by atoms with Gasteiger partial charge in [-0.25, -0.2) is 17.2 Å². The van der Waals surface area contributed by atoms with Gasteiger partial charge < -0.3 is 15.2 Å². The molecule has 4 aromatic rings. The zero-order chi connectivity index (χ0) is 29.3. The van der Waals surface area contributed by atoms with Crippen LogP contribution in [0, 0.1) is 0 Å². The molecule has 7 nitrogen and oxygen atoms in total. The Bertz CT molecular complexity index is 1680. The number of anilines is 1. The number of hydrogen-bond acceptors (Lipinski definition) is 6. The molecule has 0 unspecified atom stereocenters. The average molecular weight is 601 g/mol. The van der Waals surface area contributed by atoms with Crippen LogP contribution >= 0.6 is 11.6 Å². The van der Waals surface area contributed by atoms with E-state index >= 15 is 8.78 Å². The first-order valence-corrected chi connectivity index (χ1v) is 14.7. The van der Waals surface area contributed by atoms with Gasteiger partial charge in [-0.15, -0.1) is 0 Å². The van der Waals surface area contributed by atoms with E-state index in [0.717, 1.165) is 0 Å². The summed E-state index contributed by atoms with van der Waals surface area (Å²) in [6, 6.07) is 22.9. The number of aliphatic hydroxyl groups is 1. The number of carbonyl (C=O) groups excluding carboxylic acids is 1. The van der Waals surface area contributed by atoms with Crippen LogP contribution in [0.15, 0.2) is 95.9 Å². The summed E-state index contributed by atoms with van der Waals surface area (Å²) in [5, 5.41) is 15.4. The standard InChI is InChI=1S/C30H27ClF2N2O5S/c31-22-13-14-25-24(18-22)29(37,30(32,33)15-16-34-25)19-40-28(36)26(17-20-7-2-1-3-8-20)35-41(38,39)27-12-6-10-21-9-4-5-11-23(21)27/h1-14,18,26,34-35,37H,15-17,19H2/t26-,29+/m0/s1. The minimum absolute atomic E-state index is 0.0509. The van der Waals surface area contributed by atoms with E-state index in [4.69, 9.17) is 16.3 Å². The van der Waals surface area contributed by atoms with Gasteiger partial charge in [0, 0.05) is 34.6 Å². The average Bonchev–Trinajstić information content (AvgIpc) is 3.05. The van der Waals surface area contributed by atoms with Gasteiger partial charge in [0.15, 0.2) is 5.60 Å². The highest BCUT2D eigenvalue weighted by Gasteiger charge is 2.56. The van der Waals surface area contributed by atoms with Crippen molar-refractivity contribution in [2.24, 2.45) is 0 Å². The minimum Gasteiger partial charge on any atom is -0.461 e. The molecule has 0 saturated carbocycles. The summed E-state index contributed by atoms with van der Waals surface area (Å²) < 4.78 is 65.5. The van der Waals surface area contributed by atoms with E-state index in [1.54, 1.807) is 66.7 Å². The number of halogens is 3. The Morgan fingerprint density at radius 3 is 2.51 bits per heavy atom. The molecular weight excluding hydrogens is 574 g/mol. The van der Waals surface area contributed by atoms with Crippen molar-refractivity contribution in [3.8, 4) is 0 Å². The molecule has 1 aliphatic rings. The van der Waals surface area contributed by atoms with Crippen LogP contribution in [-0.4, -0.2) is 44.6 Å². The maximum Gasteiger partial charge on any atom is 0.324 e. The van der Waals surface area contributed by atoms with Gasteiger partial charge in [-0.1, -0.05) is 78.3 Å². The third-order valence-corrected chi connectivity index (χ3v) is 8.88. The summed E-state index contributed by atoms with van der Waals surface area (Å²) in [5.41, 5.74) is -2.31. The predicted molar refractivity (Wildman–Crippen MR) is 153 cm³/mol. The van der Waals surface area contributed by atoms with E-state index < -0.39 is 46.6 Å². The largest absolute Gasteiger partial charge is 0.461 e. The molecule has 0 amide bonds. The Morgan fingerprint density at radius 2 is 1.73 bits per heavy atom. The molecule has 1 aliphatic heterocycles. The third kappa shape index (κ3) is 5.92. The first-order chi connectivity index (χ1) is 19.5. The fraction of sp³-hybridized carbons (Fsp3) is 0.233. The molecule has 2 atom stereocenters. The van der Waals surface area contributed by atoms with Crippen LogP contribution < -0.4 is 10.0 Å². The summed E-state index contributed by atoms with van der Waals surface area (Å²) in [6.45, 7) is -1.27. The lowest BCUT2D eigenvalue weighted by atomic mass is 9.86. The first-order valence-electron chi connectivity index (χ1n) is 12.8. The summed E-state index contributed by atoms with van der Waals surface area (Å²) in [6.07, 6.45) is -0.864. The number of ether oxygens (including phenoxy) is 1. The van der Waals surface area contributed by atoms with Crippen LogP contribution in [0.5, 0.6) is 0 Å². The van der Waals surface area contributed by atoms with E-state index in [-0.39, 0.29) is 34.1 Å². The van der Waals surface area contributed by atoms with Crippen LogP contribution in [0.25, 0.3) is 10.8 Å². The van der Waals surface area contributed by atoms with Crippen molar-refractivity contribution in [1.29, 1.82) is 0 Å². The van der Waals surface area contributed by atoms with Crippen molar-refractivity contribution in [2.75, 3.05) is 18.5 Å². The number of nitrogens with one attached hydrogen (secondary N) is 2. The fourth-order valence-corrected chi connectivity index (χ4v) is 6.52. The molecule has 0 saturated heterocycles. The van der Waals surface area contributed by atoms with Crippen molar-refractivity contribution >= 4 is 44.1 Å². The molecule has 0 bridgehead atoms. The van der Waals surface area contributed by atoms with Crippen molar-refractivity contribution in [3.63, 3.8) is 0 Å². The number of sulfonamides is 1. The second kappa shape index (κ2) is 11.4. The predicted octanol–water partition coefficient (Wildman–Crippen LogP) is 5.26. The third-order valence-electron chi connectivity index (χ3n) is 7.11. The topological polar surface area (TPSA) is 105 Å². The van der Waals surface area contributed by atoms with Gasteiger partial charge in [0.25, 0.3) is 5.92 Å². The molecule has 41 heavy (non-hydrogen) atoms.